The van der Waals surface area contributed by atoms with E-state index in [0.29, 0.717) is 15.6 Å². The fourth-order valence-corrected chi connectivity index (χ4v) is 6.35. The molecule has 3 aliphatic rings. The van der Waals surface area contributed by atoms with Gasteiger partial charge in [-0.1, -0.05) is 48.0 Å². The first-order chi connectivity index (χ1) is 16.0. The van der Waals surface area contributed by atoms with Crippen LogP contribution in [0.4, 0.5) is 5.69 Å². The smallest absolute Gasteiger partial charge is 0.240 e. The summed E-state index contributed by atoms with van der Waals surface area (Å²) in [6, 6.07) is 15.5. The number of fused-ring (bicyclic) bond motifs is 5. The Balaban J connectivity index is 1.52. The predicted octanol–water partition coefficient (Wildman–Crippen LogP) is 5.11. The first-order valence-electron chi connectivity index (χ1n) is 10.7. The summed E-state index contributed by atoms with van der Waals surface area (Å²) < 4.78 is 0. The first kappa shape index (κ1) is 20.4. The van der Waals surface area contributed by atoms with E-state index in [0.717, 1.165) is 16.7 Å². The number of hydrogen-bond acceptors (Lipinski definition) is 5. The second-order valence-corrected chi connectivity index (χ2v) is 10.0. The van der Waals surface area contributed by atoms with Crippen LogP contribution in [-0.2, 0) is 9.59 Å². The number of carbonyl (C=O) groups excluding carboxylic acids is 3. The van der Waals surface area contributed by atoms with Crippen LogP contribution in [0.5, 0.6) is 0 Å². The van der Waals surface area contributed by atoms with Crippen LogP contribution in [0.1, 0.15) is 32.4 Å². The Kier molecular flexibility index (Phi) is 4.57. The molecule has 0 radical (unpaired) electrons. The second-order valence-electron chi connectivity index (χ2n) is 8.62. The largest absolute Gasteiger partial charge is 0.358 e. The molecule has 5 nitrogen and oxygen atoms in total. The maximum atomic E-state index is 13.9. The third-order valence-electron chi connectivity index (χ3n) is 6.91. The standard InChI is InChI=1S/C26H19ClN2O3S/c1-14-8-9-16(27)13-18(14)29-25(31)20-21(26(29)32)23(24(30)19-7-4-12-33-19)28-11-10-15-5-2-3-6-17(15)22(20)28/h2-13,20-23H,1H3/t20-,21+,22?,23-/m0/s1. The average molecular weight is 475 g/mol. The van der Waals surface area contributed by atoms with Crippen molar-refractivity contribution in [3.8, 4) is 0 Å². The molecule has 6 rings (SSSR count). The van der Waals surface area contributed by atoms with Crippen molar-refractivity contribution in [1.29, 1.82) is 0 Å². The number of anilines is 1. The molecule has 4 atom stereocenters. The summed E-state index contributed by atoms with van der Waals surface area (Å²) in [6.45, 7) is 1.85. The number of ketones is 1. The molecule has 1 unspecified atom stereocenters. The highest BCUT2D eigenvalue weighted by Crippen LogP contribution is 2.54. The van der Waals surface area contributed by atoms with Gasteiger partial charge >= 0.3 is 0 Å². The molecule has 3 aromatic rings. The van der Waals surface area contributed by atoms with Crippen molar-refractivity contribution in [1.82, 2.24) is 4.90 Å². The van der Waals surface area contributed by atoms with E-state index in [1.807, 2.05) is 59.8 Å². The van der Waals surface area contributed by atoms with Gasteiger partial charge in [-0.2, -0.15) is 0 Å². The van der Waals surface area contributed by atoms with Crippen molar-refractivity contribution in [2.24, 2.45) is 11.8 Å². The van der Waals surface area contributed by atoms with Crippen LogP contribution in [0.3, 0.4) is 0 Å². The molecule has 0 saturated carbocycles. The zero-order valence-electron chi connectivity index (χ0n) is 17.6. The molecule has 2 saturated heterocycles. The Morgan fingerprint density at radius 2 is 1.79 bits per heavy atom. The van der Waals surface area contributed by atoms with Gasteiger partial charge in [0, 0.05) is 11.2 Å². The summed E-state index contributed by atoms with van der Waals surface area (Å²) in [7, 11) is 0. The molecule has 0 aliphatic carbocycles. The quantitative estimate of drug-likeness (QED) is 0.391. The molecule has 2 aromatic carbocycles. The van der Waals surface area contributed by atoms with Crippen LogP contribution in [0.15, 0.2) is 66.2 Å². The van der Waals surface area contributed by atoms with Gasteiger partial charge in [0.2, 0.25) is 11.8 Å². The Morgan fingerprint density at radius 3 is 2.58 bits per heavy atom. The molecular formula is C26H19ClN2O3S. The maximum absolute atomic E-state index is 13.9. The van der Waals surface area contributed by atoms with Crippen molar-refractivity contribution >= 4 is 52.3 Å². The van der Waals surface area contributed by atoms with Gasteiger partial charge in [-0.15, -0.1) is 11.3 Å². The predicted molar refractivity (Wildman–Crippen MR) is 128 cm³/mol. The number of aryl methyl sites for hydroxylation is 1. The number of thiophene rings is 1. The molecule has 7 heteroatoms. The third-order valence-corrected chi connectivity index (χ3v) is 8.03. The number of imide groups is 1. The van der Waals surface area contributed by atoms with Gasteiger partial charge in [0.25, 0.3) is 0 Å². The Labute approximate surface area is 199 Å². The Hall–Kier alpha value is -3.22. The molecule has 164 valence electrons. The zero-order valence-corrected chi connectivity index (χ0v) is 19.2. The lowest BCUT2D eigenvalue weighted by Gasteiger charge is -2.35. The number of amides is 2. The highest BCUT2D eigenvalue weighted by molar-refractivity contribution is 7.12. The number of rotatable bonds is 3. The van der Waals surface area contributed by atoms with E-state index in [1.54, 1.807) is 24.3 Å². The van der Waals surface area contributed by atoms with Crippen LogP contribution < -0.4 is 4.90 Å². The van der Waals surface area contributed by atoms with Crippen LogP contribution in [0.2, 0.25) is 5.02 Å². The minimum atomic E-state index is -0.772. The second kappa shape index (κ2) is 7.40. The summed E-state index contributed by atoms with van der Waals surface area (Å²) in [5.41, 5.74) is 3.23. The van der Waals surface area contributed by atoms with E-state index in [9.17, 15) is 14.4 Å². The summed E-state index contributed by atoms with van der Waals surface area (Å²) in [5.74, 6) is -2.18. The molecule has 4 heterocycles. The summed E-state index contributed by atoms with van der Waals surface area (Å²) >= 11 is 7.57. The SMILES string of the molecule is Cc1ccc(Cl)cc1N1C(=O)[C@@H]2[C@H](C1=O)C1c3ccccc3C=CN1[C@@H]2C(=O)c1cccs1. The zero-order chi connectivity index (χ0) is 22.9. The lowest BCUT2D eigenvalue weighted by Crippen LogP contribution is -2.44. The van der Waals surface area contributed by atoms with E-state index >= 15 is 0 Å². The van der Waals surface area contributed by atoms with Gasteiger partial charge in [-0.05, 0) is 53.3 Å². The lowest BCUT2D eigenvalue weighted by atomic mass is 9.84. The number of benzene rings is 2. The normalized spacial score (nSPS) is 25.3. The molecule has 3 aliphatic heterocycles. The van der Waals surface area contributed by atoms with Crippen LogP contribution in [-0.4, -0.2) is 28.5 Å². The minimum Gasteiger partial charge on any atom is -0.358 e. The van der Waals surface area contributed by atoms with E-state index in [-0.39, 0.29) is 23.6 Å². The average Bonchev–Trinajstić information content (AvgIpc) is 3.52. The van der Waals surface area contributed by atoms with Gasteiger partial charge in [-0.25, -0.2) is 4.90 Å². The van der Waals surface area contributed by atoms with E-state index in [4.69, 9.17) is 11.6 Å². The fourth-order valence-electron chi connectivity index (χ4n) is 5.48. The summed E-state index contributed by atoms with van der Waals surface area (Å²) in [5, 5.41) is 2.30. The summed E-state index contributed by atoms with van der Waals surface area (Å²) in [6.07, 6.45) is 3.83. The fraction of sp³-hybridized carbons (Fsp3) is 0.192. The molecular weight excluding hydrogens is 456 g/mol. The van der Waals surface area contributed by atoms with Crippen LogP contribution in [0, 0.1) is 18.8 Å². The number of carbonyl (C=O) groups is 3. The highest BCUT2D eigenvalue weighted by atomic mass is 35.5. The third kappa shape index (κ3) is 2.87. The molecule has 0 N–H and O–H groups in total. The topological polar surface area (TPSA) is 57.7 Å². The lowest BCUT2D eigenvalue weighted by molar-refractivity contribution is -0.123. The molecule has 1 aromatic heterocycles. The molecule has 2 fully saturated rings. The van der Waals surface area contributed by atoms with Gasteiger partial charge in [0.05, 0.1) is 28.4 Å². The van der Waals surface area contributed by atoms with Gasteiger partial charge in [0.15, 0.2) is 5.78 Å². The maximum Gasteiger partial charge on any atom is 0.240 e. The van der Waals surface area contributed by atoms with Crippen LogP contribution >= 0.6 is 22.9 Å². The van der Waals surface area contributed by atoms with Gasteiger partial charge in [0.1, 0.15) is 6.04 Å². The summed E-state index contributed by atoms with van der Waals surface area (Å²) in [4.78, 5) is 45.2. The van der Waals surface area contributed by atoms with Crippen molar-refractivity contribution in [2.75, 3.05) is 4.90 Å². The molecule has 2 amide bonds. The van der Waals surface area contributed by atoms with Crippen molar-refractivity contribution < 1.29 is 14.4 Å². The van der Waals surface area contributed by atoms with E-state index in [2.05, 4.69) is 0 Å². The molecule has 0 spiro atoms. The van der Waals surface area contributed by atoms with E-state index in [1.165, 1.54) is 16.2 Å². The van der Waals surface area contributed by atoms with Crippen molar-refractivity contribution in [3.05, 3.63) is 92.8 Å². The number of hydrogen-bond donors (Lipinski definition) is 0. The minimum absolute atomic E-state index is 0.127. The van der Waals surface area contributed by atoms with Crippen molar-refractivity contribution in [2.45, 2.75) is 19.0 Å². The monoisotopic (exact) mass is 474 g/mol. The Morgan fingerprint density at radius 1 is 1.00 bits per heavy atom. The highest BCUT2D eigenvalue weighted by Gasteiger charge is 2.64. The number of Topliss-reactive ketones (excluding diaryl/α,β-unsaturated/α-hetero) is 1. The molecule has 33 heavy (non-hydrogen) atoms. The van der Waals surface area contributed by atoms with Crippen LogP contribution in [0.25, 0.3) is 6.08 Å². The van der Waals surface area contributed by atoms with Gasteiger partial charge < -0.3 is 4.90 Å². The Bertz CT molecular complexity index is 1350. The number of nitrogens with zero attached hydrogens (tertiary/aromatic N) is 2. The first-order valence-corrected chi connectivity index (χ1v) is 12.0. The van der Waals surface area contributed by atoms with Gasteiger partial charge in [-0.3, -0.25) is 14.4 Å². The molecule has 0 bridgehead atoms. The number of halogens is 1. The van der Waals surface area contributed by atoms with E-state index < -0.39 is 17.9 Å². The van der Waals surface area contributed by atoms with Crippen molar-refractivity contribution in [3.63, 3.8) is 0 Å².